The van der Waals surface area contributed by atoms with Crippen LogP contribution in [0.1, 0.15) is 19.4 Å². The van der Waals surface area contributed by atoms with Crippen LogP contribution >= 0.6 is 11.8 Å². The van der Waals surface area contributed by atoms with Gasteiger partial charge in [-0.25, -0.2) is 4.98 Å². The summed E-state index contributed by atoms with van der Waals surface area (Å²) in [5, 5.41) is 3.21. The molecule has 6 heteroatoms. The van der Waals surface area contributed by atoms with Gasteiger partial charge < -0.3 is 5.32 Å². The SMILES string of the molecule is CNc1cc(C(F)(F)F)cc(SC(C)C)n1. The Hall–Kier alpha value is -0.910. The summed E-state index contributed by atoms with van der Waals surface area (Å²) in [6, 6.07) is 2.08. The van der Waals surface area contributed by atoms with E-state index in [1.54, 1.807) is 7.05 Å². The minimum atomic E-state index is -4.33. The first kappa shape index (κ1) is 13.2. The van der Waals surface area contributed by atoms with Gasteiger partial charge in [-0.1, -0.05) is 13.8 Å². The van der Waals surface area contributed by atoms with E-state index in [0.717, 1.165) is 12.1 Å². The highest BCUT2D eigenvalue weighted by Gasteiger charge is 2.31. The molecule has 0 aliphatic carbocycles. The quantitative estimate of drug-likeness (QED) is 0.829. The maximum Gasteiger partial charge on any atom is 0.416 e. The summed E-state index contributed by atoms with van der Waals surface area (Å²) < 4.78 is 37.7. The fourth-order valence-corrected chi connectivity index (χ4v) is 1.93. The van der Waals surface area contributed by atoms with E-state index >= 15 is 0 Å². The lowest BCUT2D eigenvalue weighted by atomic mass is 10.2. The average Bonchev–Trinajstić information content (AvgIpc) is 2.14. The molecule has 0 aromatic carbocycles. The molecule has 1 heterocycles. The summed E-state index contributed by atoms with van der Waals surface area (Å²) in [7, 11) is 1.55. The molecule has 0 bridgehead atoms. The first-order valence-electron chi connectivity index (χ1n) is 4.76. The molecule has 16 heavy (non-hydrogen) atoms. The van der Waals surface area contributed by atoms with E-state index < -0.39 is 11.7 Å². The number of hydrogen-bond acceptors (Lipinski definition) is 3. The van der Waals surface area contributed by atoms with Gasteiger partial charge in [0.1, 0.15) is 5.82 Å². The molecule has 0 spiro atoms. The zero-order valence-electron chi connectivity index (χ0n) is 9.22. The van der Waals surface area contributed by atoms with E-state index in [2.05, 4.69) is 10.3 Å². The molecular formula is C10H13F3N2S. The predicted octanol–water partition coefficient (Wildman–Crippen LogP) is 3.64. The lowest BCUT2D eigenvalue weighted by Gasteiger charge is -2.11. The van der Waals surface area contributed by atoms with Crippen LogP contribution in [0.25, 0.3) is 0 Å². The topological polar surface area (TPSA) is 24.9 Å². The van der Waals surface area contributed by atoms with Gasteiger partial charge in [-0.05, 0) is 12.1 Å². The maximum atomic E-state index is 12.6. The second-order valence-corrected chi connectivity index (χ2v) is 5.09. The fourth-order valence-electron chi connectivity index (χ4n) is 1.10. The first-order valence-corrected chi connectivity index (χ1v) is 5.64. The highest BCUT2D eigenvalue weighted by atomic mass is 32.2. The van der Waals surface area contributed by atoms with Crippen molar-refractivity contribution in [3.8, 4) is 0 Å². The minimum absolute atomic E-state index is 0.195. The number of anilines is 1. The van der Waals surface area contributed by atoms with Crippen LogP contribution in [-0.2, 0) is 6.18 Å². The Kier molecular flexibility index (Phi) is 4.07. The molecule has 1 rings (SSSR count). The lowest BCUT2D eigenvalue weighted by Crippen LogP contribution is -2.07. The van der Waals surface area contributed by atoms with E-state index in [0.29, 0.717) is 5.03 Å². The van der Waals surface area contributed by atoms with Crippen LogP contribution in [0.15, 0.2) is 17.2 Å². The number of pyridine rings is 1. The Balaban J connectivity index is 3.11. The van der Waals surface area contributed by atoms with Crippen LogP contribution in [-0.4, -0.2) is 17.3 Å². The zero-order chi connectivity index (χ0) is 12.3. The van der Waals surface area contributed by atoms with E-state index in [1.165, 1.54) is 11.8 Å². The van der Waals surface area contributed by atoms with Crippen molar-refractivity contribution < 1.29 is 13.2 Å². The summed E-state index contributed by atoms with van der Waals surface area (Å²) in [5.74, 6) is 0.234. The summed E-state index contributed by atoms with van der Waals surface area (Å²) in [4.78, 5) is 4.06. The molecule has 0 aliphatic rings. The van der Waals surface area contributed by atoms with Crippen molar-refractivity contribution >= 4 is 17.6 Å². The van der Waals surface area contributed by atoms with Gasteiger partial charge in [-0.3, -0.25) is 0 Å². The lowest BCUT2D eigenvalue weighted by molar-refractivity contribution is -0.137. The monoisotopic (exact) mass is 250 g/mol. The Labute approximate surface area is 96.6 Å². The number of hydrogen-bond donors (Lipinski definition) is 1. The van der Waals surface area contributed by atoms with Crippen LogP contribution in [0.5, 0.6) is 0 Å². The molecule has 0 unspecified atom stereocenters. The standard InChI is InChI=1S/C10H13F3N2S/c1-6(2)16-9-5-7(10(11,12)13)4-8(14-3)15-9/h4-6H,1-3H3,(H,14,15). The highest BCUT2D eigenvalue weighted by molar-refractivity contribution is 7.99. The van der Waals surface area contributed by atoms with Gasteiger partial charge in [0.25, 0.3) is 0 Å². The van der Waals surface area contributed by atoms with Gasteiger partial charge in [0.05, 0.1) is 10.6 Å². The van der Waals surface area contributed by atoms with Crippen molar-refractivity contribution in [2.24, 2.45) is 0 Å². The van der Waals surface area contributed by atoms with E-state index in [-0.39, 0.29) is 11.1 Å². The number of aromatic nitrogens is 1. The third-order valence-corrected chi connectivity index (χ3v) is 2.66. The molecule has 0 aliphatic heterocycles. The Morgan fingerprint density at radius 1 is 1.31 bits per heavy atom. The van der Waals surface area contributed by atoms with Gasteiger partial charge in [0.15, 0.2) is 0 Å². The summed E-state index contributed by atoms with van der Waals surface area (Å²) in [6.45, 7) is 3.82. The third kappa shape index (κ3) is 3.59. The minimum Gasteiger partial charge on any atom is -0.373 e. The number of alkyl halides is 3. The molecule has 0 saturated carbocycles. The van der Waals surface area contributed by atoms with Crippen molar-refractivity contribution in [2.75, 3.05) is 12.4 Å². The molecule has 1 aromatic heterocycles. The molecule has 0 fully saturated rings. The van der Waals surface area contributed by atoms with Gasteiger partial charge in [0, 0.05) is 12.3 Å². The van der Waals surface area contributed by atoms with E-state index in [1.807, 2.05) is 13.8 Å². The van der Waals surface area contributed by atoms with Crippen molar-refractivity contribution in [3.63, 3.8) is 0 Å². The van der Waals surface area contributed by atoms with Crippen molar-refractivity contribution in [3.05, 3.63) is 17.7 Å². The summed E-state index contributed by atoms with van der Waals surface area (Å²) in [5.41, 5.74) is -0.671. The average molecular weight is 250 g/mol. The van der Waals surface area contributed by atoms with Gasteiger partial charge in [0.2, 0.25) is 0 Å². The Morgan fingerprint density at radius 2 is 1.94 bits per heavy atom. The second kappa shape index (κ2) is 4.95. The Bertz CT molecular complexity index is 364. The van der Waals surface area contributed by atoms with Crippen LogP contribution in [0.2, 0.25) is 0 Å². The Morgan fingerprint density at radius 3 is 2.38 bits per heavy atom. The second-order valence-electron chi connectivity index (χ2n) is 3.49. The normalized spacial score (nSPS) is 11.9. The van der Waals surface area contributed by atoms with Crippen LogP contribution in [0.4, 0.5) is 19.0 Å². The molecule has 0 radical (unpaired) electrons. The zero-order valence-corrected chi connectivity index (χ0v) is 10.0. The maximum absolute atomic E-state index is 12.6. The van der Waals surface area contributed by atoms with E-state index in [9.17, 15) is 13.2 Å². The van der Waals surface area contributed by atoms with Crippen molar-refractivity contribution in [2.45, 2.75) is 30.3 Å². The molecule has 0 atom stereocenters. The molecule has 1 aromatic rings. The van der Waals surface area contributed by atoms with E-state index in [4.69, 9.17) is 0 Å². The molecule has 2 nitrogen and oxygen atoms in total. The van der Waals surface area contributed by atoms with Crippen molar-refractivity contribution in [1.29, 1.82) is 0 Å². The predicted molar refractivity (Wildman–Crippen MR) is 59.8 cm³/mol. The smallest absolute Gasteiger partial charge is 0.373 e. The number of nitrogens with zero attached hydrogens (tertiary/aromatic N) is 1. The molecule has 1 N–H and O–H groups in total. The fraction of sp³-hybridized carbons (Fsp3) is 0.500. The van der Waals surface area contributed by atoms with Crippen LogP contribution in [0.3, 0.4) is 0 Å². The summed E-state index contributed by atoms with van der Waals surface area (Å²) in [6.07, 6.45) is -4.33. The van der Waals surface area contributed by atoms with Gasteiger partial charge >= 0.3 is 6.18 Å². The highest BCUT2D eigenvalue weighted by Crippen LogP contribution is 2.33. The number of rotatable bonds is 3. The van der Waals surface area contributed by atoms with Crippen LogP contribution < -0.4 is 5.32 Å². The van der Waals surface area contributed by atoms with Gasteiger partial charge in [-0.15, -0.1) is 11.8 Å². The molecule has 0 amide bonds. The number of thioether (sulfide) groups is 1. The van der Waals surface area contributed by atoms with Crippen LogP contribution in [0, 0.1) is 0 Å². The summed E-state index contributed by atoms with van der Waals surface area (Å²) >= 11 is 1.31. The molecule has 0 saturated heterocycles. The molecular weight excluding hydrogens is 237 g/mol. The third-order valence-electron chi connectivity index (χ3n) is 1.74. The van der Waals surface area contributed by atoms with Gasteiger partial charge in [-0.2, -0.15) is 13.2 Å². The van der Waals surface area contributed by atoms with Crippen molar-refractivity contribution in [1.82, 2.24) is 4.98 Å². The first-order chi connectivity index (χ1) is 7.32. The largest absolute Gasteiger partial charge is 0.416 e. The molecule has 90 valence electrons. The number of halogens is 3. The number of nitrogens with one attached hydrogen (secondary N) is 1.